The lowest BCUT2D eigenvalue weighted by Gasteiger charge is -2.21. The second-order valence-electron chi connectivity index (χ2n) is 9.52. The number of carbonyl (C=O) groups is 1. The molecule has 2 N–H and O–H groups in total. The molecular formula is C22H29N5O5S. The molecule has 3 heterocycles. The minimum absolute atomic E-state index is 0.00283. The van der Waals surface area contributed by atoms with Gasteiger partial charge in [0.05, 0.1) is 13.3 Å². The van der Waals surface area contributed by atoms with Crippen molar-refractivity contribution in [3.8, 4) is 17.0 Å². The summed E-state index contributed by atoms with van der Waals surface area (Å²) >= 11 is 0. The van der Waals surface area contributed by atoms with Crippen LogP contribution >= 0.6 is 0 Å². The highest BCUT2D eigenvalue weighted by atomic mass is 32.2. The first kappa shape index (κ1) is 24.5. The van der Waals surface area contributed by atoms with Gasteiger partial charge in [0.25, 0.3) is 0 Å². The third kappa shape index (κ3) is 6.20. The lowest BCUT2D eigenvalue weighted by molar-refractivity contribution is 0.0635. The van der Waals surface area contributed by atoms with Gasteiger partial charge in [0.15, 0.2) is 5.82 Å². The van der Waals surface area contributed by atoms with Crippen LogP contribution in [-0.4, -0.2) is 47.1 Å². The maximum Gasteiger partial charge on any atom is 0.413 e. The summed E-state index contributed by atoms with van der Waals surface area (Å²) in [5, 5.41) is 2.60. The predicted octanol–water partition coefficient (Wildman–Crippen LogP) is 3.83. The van der Waals surface area contributed by atoms with Gasteiger partial charge >= 0.3 is 6.09 Å². The number of aromatic nitrogens is 3. The van der Waals surface area contributed by atoms with Crippen LogP contribution in [0.5, 0.6) is 5.88 Å². The Morgan fingerprint density at radius 2 is 1.76 bits per heavy atom. The molecule has 3 aromatic rings. The predicted molar refractivity (Wildman–Crippen MR) is 125 cm³/mol. The van der Waals surface area contributed by atoms with Crippen molar-refractivity contribution in [3.05, 3.63) is 36.8 Å². The molecule has 0 aliphatic heterocycles. The fourth-order valence-electron chi connectivity index (χ4n) is 3.02. The maximum atomic E-state index is 12.9. The van der Waals surface area contributed by atoms with Crippen molar-refractivity contribution >= 4 is 27.6 Å². The highest BCUT2D eigenvalue weighted by molar-refractivity contribution is 7.89. The molecule has 1 amide bonds. The van der Waals surface area contributed by atoms with E-state index in [0.717, 1.165) is 0 Å². The van der Waals surface area contributed by atoms with Gasteiger partial charge in [0, 0.05) is 29.1 Å². The molecule has 0 bridgehead atoms. The largest absolute Gasteiger partial charge is 0.480 e. The Morgan fingerprint density at radius 3 is 2.36 bits per heavy atom. The zero-order chi connectivity index (χ0) is 24.6. The first-order valence-electron chi connectivity index (χ1n) is 10.2. The van der Waals surface area contributed by atoms with Crippen LogP contribution in [0.4, 0.5) is 10.6 Å². The van der Waals surface area contributed by atoms with Crippen LogP contribution in [0.3, 0.4) is 0 Å². The summed E-state index contributed by atoms with van der Waals surface area (Å²) < 4.78 is 40.6. The fourth-order valence-corrected chi connectivity index (χ4v) is 4.59. The Bertz CT molecular complexity index is 1290. The molecule has 10 nitrogen and oxygen atoms in total. The highest BCUT2D eigenvalue weighted by Gasteiger charge is 2.27. The average molecular weight is 476 g/mol. The van der Waals surface area contributed by atoms with Gasteiger partial charge < -0.3 is 13.9 Å². The number of methoxy groups -OCH3 is 1. The normalized spacial score (nSPS) is 12.6. The Hall–Kier alpha value is -3.18. The highest BCUT2D eigenvalue weighted by Crippen LogP contribution is 2.29. The van der Waals surface area contributed by atoms with E-state index in [1.807, 2.05) is 0 Å². The Morgan fingerprint density at radius 1 is 1.06 bits per heavy atom. The number of hydrogen-bond donors (Lipinski definition) is 2. The van der Waals surface area contributed by atoms with Gasteiger partial charge in [-0.1, -0.05) is 0 Å². The van der Waals surface area contributed by atoms with Crippen molar-refractivity contribution in [3.63, 3.8) is 0 Å². The second kappa shape index (κ2) is 8.64. The monoisotopic (exact) mass is 475 g/mol. The zero-order valence-electron chi connectivity index (χ0n) is 19.8. The number of anilines is 1. The number of nitrogens with zero attached hydrogens (tertiary/aromatic N) is 3. The Kier molecular flexibility index (Phi) is 6.40. The van der Waals surface area contributed by atoms with Crippen LogP contribution in [-0.2, 0) is 14.8 Å². The van der Waals surface area contributed by atoms with Crippen LogP contribution in [0.25, 0.3) is 16.8 Å². The molecular weight excluding hydrogens is 446 g/mol. The molecule has 0 aliphatic rings. The van der Waals surface area contributed by atoms with E-state index in [4.69, 9.17) is 9.47 Å². The number of fused-ring (bicyclic) bond motifs is 1. The standard InChI is InChI=1S/C22H29N5O5S/c1-21(2,3)26-33(29,30)16-10-15(11-23-19(16)31-7)14-8-9-18-24-17(13-27(18)12-14)25-20(28)32-22(4,5)6/h8-13,26H,1-7H3,(H,25,28). The number of rotatable bonds is 5. The zero-order valence-corrected chi connectivity index (χ0v) is 20.6. The van der Waals surface area contributed by atoms with E-state index in [-0.39, 0.29) is 10.8 Å². The number of carbonyl (C=O) groups excluding carboxylic acids is 1. The Labute approximate surface area is 193 Å². The third-order valence-electron chi connectivity index (χ3n) is 4.16. The van der Waals surface area contributed by atoms with Gasteiger partial charge in [-0.3, -0.25) is 5.32 Å². The van der Waals surface area contributed by atoms with Crippen LogP contribution in [0.15, 0.2) is 41.7 Å². The van der Waals surface area contributed by atoms with E-state index < -0.39 is 27.3 Å². The van der Waals surface area contributed by atoms with E-state index in [9.17, 15) is 13.2 Å². The number of pyridine rings is 2. The molecule has 0 spiro atoms. The van der Waals surface area contributed by atoms with E-state index in [2.05, 4.69) is 20.0 Å². The van der Waals surface area contributed by atoms with E-state index in [1.165, 1.54) is 19.4 Å². The van der Waals surface area contributed by atoms with E-state index in [0.29, 0.717) is 22.6 Å². The first-order valence-corrected chi connectivity index (χ1v) is 11.7. The summed E-state index contributed by atoms with van der Waals surface area (Å²) in [5.41, 5.74) is 0.562. The lowest BCUT2D eigenvalue weighted by atomic mass is 10.1. The van der Waals surface area contributed by atoms with E-state index >= 15 is 0 Å². The van der Waals surface area contributed by atoms with Crippen LogP contribution in [0.1, 0.15) is 41.5 Å². The average Bonchev–Trinajstić information content (AvgIpc) is 3.05. The third-order valence-corrected chi connectivity index (χ3v) is 5.91. The summed E-state index contributed by atoms with van der Waals surface area (Å²) in [4.78, 5) is 20.5. The summed E-state index contributed by atoms with van der Waals surface area (Å²) in [6.07, 6.45) is 4.33. The molecule has 0 aromatic carbocycles. The SMILES string of the molecule is COc1ncc(-c2ccc3nc(NC(=O)OC(C)(C)C)cn3c2)cc1S(=O)(=O)NC(C)(C)C. The topological polar surface area (TPSA) is 124 Å². The van der Waals surface area contributed by atoms with Crippen molar-refractivity contribution in [2.75, 3.05) is 12.4 Å². The van der Waals surface area contributed by atoms with Gasteiger partial charge in [-0.2, -0.15) is 0 Å². The second-order valence-corrected chi connectivity index (χ2v) is 11.2. The molecule has 0 fully saturated rings. The molecule has 0 saturated carbocycles. The minimum Gasteiger partial charge on any atom is -0.480 e. The Balaban J connectivity index is 1.95. The summed E-state index contributed by atoms with van der Waals surface area (Å²) in [5.74, 6) is 0.329. The van der Waals surface area contributed by atoms with Crippen molar-refractivity contribution in [2.24, 2.45) is 0 Å². The van der Waals surface area contributed by atoms with Crippen molar-refractivity contribution in [1.29, 1.82) is 0 Å². The fraction of sp³-hybridized carbons (Fsp3) is 0.409. The van der Waals surface area contributed by atoms with Crippen molar-refractivity contribution in [1.82, 2.24) is 19.1 Å². The van der Waals surface area contributed by atoms with Crippen molar-refractivity contribution < 1.29 is 22.7 Å². The minimum atomic E-state index is -3.88. The maximum absolute atomic E-state index is 12.9. The summed E-state index contributed by atoms with van der Waals surface area (Å²) in [7, 11) is -2.51. The number of sulfonamides is 1. The number of amides is 1. The van der Waals surface area contributed by atoms with E-state index in [1.54, 1.807) is 70.5 Å². The number of nitrogens with one attached hydrogen (secondary N) is 2. The number of imidazole rings is 1. The lowest BCUT2D eigenvalue weighted by Crippen LogP contribution is -2.40. The molecule has 0 radical (unpaired) electrons. The van der Waals surface area contributed by atoms with Crippen LogP contribution in [0.2, 0.25) is 0 Å². The van der Waals surface area contributed by atoms with Crippen LogP contribution < -0.4 is 14.8 Å². The van der Waals surface area contributed by atoms with Gasteiger partial charge in [0.2, 0.25) is 15.9 Å². The molecule has 33 heavy (non-hydrogen) atoms. The van der Waals surface area contributed by atoms with Crippen molar-refractivity contribution in [2.45, 2.75) is 57.6 Å². The first-order chi connectivity index (χ1) is 15.2. The summed E-state index contributed by atoms with van der Waals surface area (Å²) in [6.45, 7) is 10.6. The molecule has 178 valence electrons. The van der Waals surface area contributed by atoms with Gasteiger partial charge in [0.1, 0.15) is 16.1 Å². The molecule has 3 aromatic heterocycles. The molecule has 0 unspecified atom stereocenters. The molecule has 0 atom stereocenters. The van der Waals surface area contributed by atoms with Gasteiger partial charge in [-0.25, -0.2) is 27.9 Å². The smallest absolute Gasteiger partial charge is 0.413 e. The van der Waals surface area contributed by atoms with Gasteiger partial charge in [-0.15, -0.1) is 0 Å². The number of ether oxygens (including phenoxy) is 2. The van der Waals surface area contributed by atoms with Crippen LogP contribution in [0, 0.1) is 0 Å². The molecule has 0 saturated heterocycles. The summed E-state index contributed by atoms with van der Waals surface area (Å²) in [6, 6.07) is 5.05. The number of hydrogen-bond acceptors (Lipinski definition) is 7. The quantitative estimate of drug-likeness (QED) is 0.575. The molecule has 11 heteroatoms. The molecule has 0 aliphatic carbocycles. The van der Waals surface area contributed by atoms with Gasteiger partial charge in [-0.05, 0) is 59.7 Å². The molecule has 3 rings (SSSR count).